The molecule has 2 amide bonds. The number of carbonyl (C=O) groups excluding carboxylic acids is 2. The fourth-order valence-corrected chi connectivity index (χ4v) is 2.12. The molecule has 0 radical (unpaired) electrons. The zero-order valence-electron chi connectivity index (χ0n) is 12.9. The molecule has 2 aromatic carbocycles. The van der Waals surface area contributed by atoms with Crippen molar-refractivity contribution in [1.29, 1.82) is 0 Å². The second kappa shape index (κ2) is 8.36. The van der Waals surface area contributed by atoms with Gasteiger partial charge in [-0.15, -0.1) is 0 Å². The lowest BCUT2D eigenvalue weighted by Gasteiger charge is -2.07. The number of amides is 2. The highest BCUT2D eigenvalue weighted by atomic mass is 35.5. The van der Waals surface area contributed by atoms with Gasteiger partial charge in [0.2, 0.25) is 0 Å². The Morgan fingerprint density at radius 2 is 1.96 bits per heavy atom. The van der Waals surface area contributed by atoms with Crippen LogP contribution in [0.25, 0.3) is 0 Å². The van der Waals surface area contributed by atoms with Gasteiger partial charge in [0, 0.05) is 0 Å². The van der Waals surface area contributed by atoms with Crippen LogP contribution in [-0.2, 0) is 9.59 Å². The topological polar surface area (TPSA) is 100 Å². The standard InChI is InChI=1S/C16H13Cl2N3O4/c1-25-13-7-9(5-6-12(13)22)8-19-21-16(24)15(23)20-11-4-2-3-10(17)14(11)18/h2-8,22H,1H3,(H,20,23)(H,21,24). The van der Waals surface area contributed by atoms with Gasteiger partial charge in [0.25, 0.3) is 0 Å². The van der Waals surface area contributed by atoms with Crippen LogP contribution >= 0.6 is 23.2 Å². The number of ether oxygens (including phenoxy) is 1. The maximum Gasteiger partial charge on any atom is 0.329 e. The molecule has 2 rings (SSSR count). The van der Waals surface area contributed by atoms with Crippen LogP contribution in [0.2, 0.25) is 10.0 Å². The van der Waals surface area contributed by atoms with E-state index >= 15 is 0 Å². The van der Waals surface area contributed by atoms with E-state index in [1.807, 2.05) is 0 Å². The van der Waals surface area contributed by atoms with Crippen molar-refractivity contribution in [3.05, 3.63) is 52.0 Å². The van der Waals surface area contributed by atoms with Crippen LogP contribution in [0, 0.1) is 0 Å². The van der Waals surface area contributed by atoms with Crippen LogP contribution in [-0.4, -0.2) is 30.2 Å². The highest BCUT2D eigenvalue weighted by molar-refractivity contribution is 6.45. The lowest BCUT2D eigenvalue weighted by Crippen LogP contribution is -2.32. The van der Waals surface area contributed by atoms with Crippen molar-refractivity contribution in [3.8, 4) is 11.5 Å². The molecule has 25 heavy (non-hydrogen) atoms. The van der Waals surface area contributed by atoms with Crippen LogP contribution in [0.15, 0.2) is 41.5 Å². The summed E-state index contributed by atoms with van der Waals surface area (Å²) in [5.41, 5.74) is 2.84. The van der Waals surface area contributed by atoms with E-state index < -0.39 is 11.8 Å². The third-order valence-electron chi connectivity index (χ3n) is 2.99. The van der Waals surface area contributed by atoms with Gasteiger partial charge in [-0.2, -0.15) is 5.10 Å². The van der Waals surface area contributed by atoms with Crippen molar-refractivity contribution in [1.82, 2.24) is 5.43 Å². The molecule has 0 aliphatic heterocycles. The number of nitrogens with one attached hydrogen (secondary N) is 2. The van der Waals surface area contributed by atoms with E-state index in [1.165, 1.54) is 31.5 Å². The molecule has 0 bridgehead atoms. The van der Waals surface area contributed by atoms with E-state index in [-0.39, 0.29) is 27.2 Å². The summed E-state index contributed by atoms with van der Waals surface area (Å²) in [6.07, 6.45) is 1.29. The maximum atomic E-state index is 11.8. The van der Waals surface area contributed by atoms with Crippen molar-refractivity contribution in [2.24, 2.45) is 5.10 Å². The third kappa shape index (κ3) is 4.85. The number of phenols is 1. The number of nitrogens with zero attached hydrogens (tertiary/aromatic N) is 1. The van der Waals surface area contributed by atoms with Crippen LogP contribution < -0.4 is 15.5 Å². The van der Waals surface area contributed by atoms with E-state index in [9.17, 15) is 14.7 Å². The Morgan fingerprint density at radius 1 is 1.20 bits per heavy atom. The summed E-state index contributed by atoms with van der Waals surface area (Å²) in [7, 11) is 1.41. The number of aromatic hydroxyl groups is 1. The first-order chi connectivity index (χ1) is 11.9. The molecule has 130 valence electrons. The molecule has 0 aliphatic rings. The first-order valence-corrected chi connectivity index (χ1v) is 7.63. The first kappa shape index (κ1) is 18.6. The molecule has 9 heteroatoms. The number of hydrogen-bond donors (Lipinski definition) is 3. The molecule has 2 aromatic rings. The molecule has 0 fully saturated rings. The van der Waals surface area contributed by atoms with E-state index in [0.29, 0.717) is 5.56 Å². The van der Waals surface area contributed by atoms with Crippen molar-refractivity contribution in [3.63, 3.8) is 0 Å². The molecular formula is C16H13Cl2N3O4. The van der Waals surface area contributed by atoms with Crippen LogP contribution in [0.5, 0.6) is 11.5 Å². The average Bonchev–Trinajstić information content (AvgIpc) is 2.60. The van der Waals surface area contributed by atoms with E-state index in [0.717, 1.165) is 0 Å². The van der Waals surface area contributed by atoms with Crippen LogP contribution in [0.1, 0.15) is 5.56 Å². The number of hydrazone groups is 1. The summed E-state index contributed by atoms with van der Waals surface area (Å²) in [6.45, 7) is 0. The van der Waals surface area contributed by atoms with Crippen LogP contribution in [0.4, 0.5) is 5.69 Å². The number of halogens is 2. The molecular weight excluding hydrogens is 369 g/mol. The maximum absolute atomic E-state index is 11.8. The quantitative estimate of drug-likeness (QED) is 0.430. The smallest absolute Gasteiger partial charge is 0.329 e. The second-order valence-electron chi connectivity index (χ2n) is 4.69. The molecule has 0 aliphatic carbocycles. The molecule has 0 atom stereocenters. The Kier molecular flexibility index (Phi) is 6.21. The Hall–Kier alpha value is -2.77. The van der Waals surface area contributed by atoms with E-state index in [1.54, 1.807) is 18.2 Å². The fourth-order valence-electron chi connectivity index (χ4n) is 1.77. The number of rotatable bonds is 4. The largest absolute Gasteiger partial charge is 0.504 e. The minimum atomic E-state index is -0.988. The van der Waals surface area contributed by atoms with Gasteiger partial charge in [-0.25, -0.2) is 5.43 Å². The van der Waals surface area contributed by atoms with Gasteiger partial charge in [-0.3, -0.25) is 9.59 Å². The van der Waals surface area contributed by atoms with Gasteiger partial charge >= 0.3 is 11.8 Å². The number of carbonyl (C=O) groups is 2. The molecule has 3 N–H and O–H groups in total. The Morgan fingerprint density at radius 3 is 2.68 bits per heavy atom. The highest BCUT2D eigenvalue weighted by Crippen LogP contribution is 2.29. The van der Waals surface area contributed by atoms with Crippen molar-refractivity contribution < 1.29 is 19.4 Å². The minimum Gasteiger partial charge on any atom is -0.504 e. The molecule has 7 nitrogen and oxygen atoms in total. The van der Waals surface area contributed by atoms with Crippen molar-refractivity contribution >= 4 is 46.9 Å². The highest BCUT2D eigenvalue weighted by Gasteiger charge is 2.15. The Balaban J connectivity index is 1.97. The summed E-state index contributed by atoms with van der Waals surface area (Å²) < 4.78 is 4.95. The first-order valence-electron chi connectivity index (χ1n) is 6.87. The van der Waals surface area contributed by atoms with Gasteiger partial charge in [-0.05, 0) is 35.9 Å². The number of anilines is 1. The summed E-state index contributed by atoms with van der Waals surface area (Å²) in [6, 6.07) is 9.12. The average molecular weight is 382 g/mol. The molecule has 0 unspecified atom stereocenters. The van der Waals surface area contributed by atoms with Gasteiger partial charge < -0.3 is 15.2 Å². The third-order valence-corrected chi connectivity index (χ3v) is 3.81. The van der Waals surface area contributed by atoms with Gasteiger partial charge in [0.05, 0.1) is 29.1 Å². The normalized spacial score (nSPS) is 10.5. The number of methoxy groups -OCH3 is 1. The van der Waals surface area contributed by atoms with Gasteiger partial charge in [0.1, 0.15) is 0 Å². The lowest BCUT2D eigenvalue weighted by molar-refractivity contribution is -0.136. The Labute approximate surface area is 153 Å². The number of benzene rings is 2. The van der Waals surface area contributed by atoms with Crippen molar-refractivity contribution in [2.45, 2.75) is 0 Å². The van der Waals surface area contributed by atoms with Gasteiger partial charge in [-0.1, -0.05) is 29.3 Å². The predicted molar refractivity (Wildman–Crippen MR) is 95.5 cm³/mol. The van der Waals surface area contributed by atoms with Gasteiger partial charge in [0.15, 0.2) is 11.5 Å². The van der Waals surface area contributed by atoms with E-state index in [4.69, 9.17) is 27.9 Å². The molecule has 0 aromatic heterocycles. The number of hydrogen-bond acceptors (Lipinski definition) is 5. The molecule has 0 heterocycles. The van der Waals surface area contributed by atoms with Crippen molar-refractivity contribution in [2.75, 3.05) is 12.4 Å². The SMILES string of the molecule is COc1cc(C=NNC(=O)C(=O)Nc2cccc(Cl)c2Cl)ccc1O. The zero-order valence-corrected chi connectivity index (χ0v) is 14.4. The Bertz CT molecular complexity index is 840. The lowest BCUT2D eigenvalue weighted by atomic mass is 10.2. The summed E-state index contributed by atoms with van der Waals surface area (Å²) in [5.74, 6) is -1.72. The fraction of sp³-hybridized carbons (Fsp3) is 0.0625. The van der Waals surface area contributed by atoms with E-state index in [2.05, 4.69) is 15.8 Å². The molecule has 0 spiro atoms. The summed E-state index contributed by atoms with van der Waals surface area (Å²) in [4.78, 5) is 23.5. The minimum absolute atomic E-state index is 0.0264. The monoisotopic (exact) mass is 381 g/mol. The second-order valence-corrected chi connectivity index (χ2v) is 5.47. The van der Waals surface area contributed by atoms with Crippen LogP contribution in [0.3, 0.4) is 0 Å². The summed E-state index contributed by atoms with van der Waals surface area (Å²) >= 11 is 11.8. The number of phenolic OH excluding ortho intramolecular Hbond substituents is 1. The predicted octanol–water partition coefficient (Wildman–Crippen LogP) is 2.80. The molecule has 0 saturated heterocycles. The molecule has 0 saturated carbocycles. The zero-order chi connectivity index (χ0) is 18.4. The summed E-state index contributed by atoms with van der Waals surface area (Å²) in [5, 5.41) is 15.9.